The van der Waals surface area contributed by atoms with Crippen molar-refractivity contribution in [3.63, 3.8) is 0 Å². The van der Waals surface area contributed by atoms with Crippen molar-refractivity contribution >= 4 is 11.7 Å². The maximum absolute atomic E-state index is 13.8. The van der Waals surface area contributed by atoms with Crippen LogP contribution in [0.15, 0.2) is 54.7 Å². The lowest BCUT2D eigenvalue weighted by atomic mass is 10.1. The summed E-state index contributed by atoms with van der Waals surface area (Å²) in [6.45, 7) is 0.892. The predicted octanol–water partition coefficient (Wildman–Crippen LogP) is 4.24. The van der Waals surface area contributed by atoms with E-state index in [4.69, 9.17) is 9.47 Å². The maximum Gasteiger partial charge on any atom is 0.354 e. The average Bonchev–Trinajstić information content (AvgIpc) is 2.68. The standard InChI is InChI=1S/C21H17FN2O4/c1-27-17-5-3-14-12-24(16-6-7-23-18(9-16)21(25)26)11-13-2-4-15(22)8-19(13)28-20(14)10-17/h2-10H,11-12H2,1H3,(H,25,26). The van der Waals surface area contributed by atoms with Crippen LogP contribution in [0.1, 0.15) is 21.6 Å². The molecule has 0 aliphatic carbocycles. The molecule has 0 spiro atoms. The van der Waals surface area contributed by atoms with Crippen molar-refractivity contribution in [3.05, 3.63) is 77.4 Å². The number of hydrogen-bond acceptors (Lipinski definition) is 5. The Morgan fingerprint density at radius 3 is 2.54 bits per heavy atom. The number of fused-ring (bicyclic) bond motifs is 2. The molecule has 1 aliphatic heterocycles. The van der Waals surface area contributed by atoms with E-state index >= 15 is 0 Å². The molecule has 1 aromatic heterocycles. The molecule has 0 fully saturated rings. The fraction of sp³-hybridized carbons (Fsp3) is 0.143. The zero-order chi connectivity index (χ0) is 19.7. The van der Waals surface area contributed by atoms with Crippen LogP contribution in [0.25, 0.3) is 0 Å². The number of aromatic carboxylic acids is 1. The Hall–Kier alpha value is -3.61. The Labute approximate surface area is 160 Å². The lowest BCUT2D eigenvalue weighted by molar-refractivity contribution is 0.0690. The Kier molecular flexibility index (Phi) is 4.57. The summed E-state index contributed by atoms with van der Waals surface area (Å²) < 4.78 is 25.1. The lowest BCUT2D eigenvalue weighted by Gasteiger charge is -2.29. The first kappa shape index (κ1) is 17.8. The van der Waals surface area contributed by atoms with Gasteiger partial charge in [0.15, 0.2) is 0 Å². The first-order chi connectivity index (χ1) is 13.5. The number of methoxy groups -OCH3 is 1. The van der Waals surface area contributed by atoms with E-state index in [1.54, 1.807) is 25.3 Å². The molecule has 0 amide bonds. The van der Waals surface area contributed by atoms with Crippen LogP contribution in [0.4, 0.5) is 10.1 Å². The highest BCUT2D eigenvalue weighted by Gasteiger charge is 2.21. The summed E-state index contributed by atoms with van der Waals surface area (Å²) in [7, 11) is 1.56. The minimum Gasteiger partial charge on any atom is -0.497 e. The summed E-state index contributed by atoms with van der Waals surface area (Å²) in [4.78, 5) is 17.2. The zero-order valence-corrected chi connectivity index (χ0v) is 15.1. The quantitative estimate of drug-likeness (QED) is 0.733. The molecule has 3 aromatic rings. The van der Waals surface area contributed by atoms with Gasteiger partial charge in [0.1, 0.15) is 28.8 Å². The highest BCUT2D eigenvalue weighted by molar-refractivity contribution is 5.86. The lowest BCUT2D eigenvalue weighted by Crippen LogP contribution is -2.24. The van der Waals surface area contributed by atoms with Gasteiger partial charge in [-0.05, 0) is 30.3 Å². The van der Waals surface area contributed by atoms with E-state index in [0.29, 0.717) is 36.0 Å². The third-order valence-electron chi connectivity index (χ3n) is 4.57. The molecule has 28 heavy (non-hydrogen) atoms. The smallest absolute Gasteiger partial charge is 0.354 e. The van der Waals surface area contributed by atoms with Gasteiger partial charge in [-0.1, -0.05) is 6.07 Å². The van der Waals surface area contributed by atoms with Crippen LogP contribution in [0.3, 0.4) is 0 Å². The normalized spacial score (nSPS) is 12.9. The first-order valence-corrected chi connectivity index (χ1v) is 8.61. The fourth-order valence-corrected chi connectivity index (χ4v) is 3.14. The van der Waals surface area contributed by atoms with Crippen molar-refractivity contribution in [3.8, 4) is 17.2 Å². The first-order valence-electron chi connectivity index (χ1n) is 8.61. The van der Waals surface area contributed by atoms with Crippen LogP contribution in [-0.2, 0) is 13.1 Å². The van der Waals surface area contributed by atoms with Crippen molar-refractivity contribution in [1.29, 1.82) is 0 Å². The number of rotatable bonds is 3. The number of halogens is 1. The highest BCUT2D eigenvalue weighted by Crippen LogP contribution is 2.37. The van der Waals surface area contributed by atoms with Gasteiger partial charge < -0.3 is 19.5 Å². The predicted molar refractivity (Wildman–Crippen MR) is 101 cm³/mol. The summed E-state index contributed by atoms with van der Waals surface area (Å²) in [6.07, 6.45) is 1.47. The Morgan fingerprint density at radius 2 is 1.82 bits per heavy atom. The van der Waals surface area contributed by atoms with E-state index in [-0.39, 0.29) is 5.69 Å². The minimum absolute atomic E-state index is 0.0370. The molecule has 4 rings (SSSR count). The van der Waals surface area contributed by atoms with Crippen molar-refractivity contribution in [2.24, 2.45) is 0 Å². The Bertz CT molecular complexity index is 1050. The number of hydrogen-bond donors (Lipinski definition) is 1. The maximum atomic E-state index is 13.8. The SMILES string of the molecule is COc1ccc2c(c1)Oc1cc(F)ccc1CN(c1ccnc(C(=O)O)c1)C2. The molecule has 0 saturated carbocycles. The minimum atomic E-state index is -1.09. The van der Waals surface area contributed by atoms with Gasteiger partial charge in [-0.2, -0.15) is 0 Å². The fourth-order valence-electron chi connectivity index (χ4n) is 3.14. The second-order valence-corrected chi connectivity index (χ2v) is 6.39. The topological polar surface area (TPSA) is 71.9 Å². The van der Waals surface area contributed by atoms with Gasteiger partial charge >= 0.3 is 5.97 Å². The number of nitrogens with zero attached hydrogens (tertiary/aromatic N) is 2. The van der Waals surface area contributed by atoms with Crippen LogP contribution in [0.2, 0.25) is 0 Å². The molecule has 6 nitrogen and oxygen atoms in total. The third-order valence-corrected chi connectivity index (χ3v) is 4.57. The molecule has 7 heteroatoms. The number of aromatic nitrogens is 1. The van der Waals surface area contributed by atoms with Crippen molar-refractivity contribution in [2.75, 3.05) is 12.0 Å². The molecule has 1 N–H and O–H groups in total. The highest BCUT2D eigenvalue weighted by atomic mass is 19.1. The van der Waals surface area contributed by atoms with E-state index < -0.39 is 11.8 Å². The van der Waals surface area contributed by atoms with Crippen molar-refractivity contribution < 1.29 is 23.8 Å². The molecular weight excluding hydrogens is 363 g/mol. The Morgan fingerprint density at radius 1 is 1.11 bits per heavy atom. The van der Waals surface area contributed by atoms with E-state index in [1.807, 2.05) is 17.0 Å². The number of carboxylic acids is 1. The molecule has 0 saturated heterocycles. The molecule has 0 unspecified atom stereocenters. The Balaban J connectivity index is 1.83. The van der Waals surface area contributed by atoms with Crippen LogP contribution in [0, 0.1) is 5.82 Å². The van der Waals surface area contributed by atoms with Gasteiger partial charge in [0.05, 0.1) is 7.11 Å². The van der Waals surface area contributed by atoms with Crippen LogP contribution in [0.5, 0.6) is 17.2 Å². The molecule has 142 valence electrons. The van der Waals surface area contributed by atoms with Crippen LogP contribution in [-0.4, -0.2) is 23.2 Å². The van der Waals surface area contributed by atoms with Gasteiger partial charge in [0.25, 0.3) is 0 Å². The summed E-state index contributed by atoms with van der Waals surface area (Å²) in [5.74, 6) is 0.105. The van der Waals surface area contributed by atoms with Gasteiger partial charge in [0, 0.05) is 48.2 Å². The molecule has 2 heterocycles. The summed E-state index contributed by atoms with van der Waals surface area (Å²) in [5, 5.41) is 9.26. The summed E-state index contributed by atoms with van der Waals surface area (Å²) in [5.41, 5.74) is 2.31. The second kappa shape index (κ2) is 7.19. The molecule has 0 bridgehead atoms. The van der Waals surface area contributed by atoms with E-state index in [9.17, 15) is 14.3 Å². The molecular formula is C21H17FN2O4. The summed E-state index contributed by atoms with van der Waals surface area (Å²) >= 11 is 0. The van der Waals surface area contributed by atoms with Gasteiger partial charge in [0.2, 0.25) is 0 Å². The van der Waals surface area contributed by atoms with E-state index in [0.717, 1.165) is 11.1 Å². The van der Waals surface area contributed by atoms with Gasteiger partial charge in [-0.3, -0.25) is 0 Å². The average molecular weight is 380 g/mol. The molecule has 0 radical (unpaired) electrons. The van der Waals surface area contributed by atoms with Gasteiger partial charge in [-0.25, -0.2) is 14.2 Å². The number of benzene rings is 2. The monoisotopic (exact) mass is 380 g/mol. The summed E-state index contributed by atoms with van der Waals surface area (Å²) in [6, 6.07) is 13.1. The van der Waals surface area contributed by atoms with Crippen LogP contribution >= 0.6 is 0 Å². The molecule has 1 aliphatic rings. The van der Waals surface area contributed by atoms with Crippen LogP contribution < -0.4 is 14.4 Å². The van der Waals surface area contributed by atoms with Crippen molar-refractivity contribution in [2.45, 2.75) is 13.1 Å². The number of ether oxygens (including phenoxy) is 2. The number of carbonyl (C=O) groups is 1. The zero-order valence-electron chi connectivity index (χ0n) is 15.1. The number of carboxylic acid groups (broad SMARTS) is 1. The molecule has 0 atom stereocenters. The largest absolute Gasteiger partial charge is 0.497 e. The van der Waals surface area contributed by atoms with E-state index in [1.165, 1.54) is 24.4 Å². The number of anilines is 1. The number of pyridine rings is 1. The molecule has 2 aromatic carbocycles. The van der Waals surface area contributed by atoms with Gasteiger partial charge in [-0.15, -0.1) is 0 Å². The van der Waals surface area contributed by atoms with Crippen molar-refractivity contribution in [1.82, 2.24) is 4.98 Å². The van der Waals surface area contributed by atoms with E-state index in [2.05, 4.69) is 4.98 Å². The third kappa shape index (κ3) is 3.46. The second-order valence-electron chi connectivity index (χ2n) is 6.39.